The monoisotopic (exact) mass is 499 g/mol. The molecule has 1 aliphatic carbocycles. The molecule has 0 N–H and O–H groups in total. The first-order valence-electron chi connectivity index (χ1n) is 13.2. The molecule has 9 heteroatoms. The quantitative estimate of drug-likeness (QED) is 0.556. The van der Waals surface area contributed by atoms with Crippen molar-refractivity contribution in [3.8, 4) is 5.75 Å². The Balaban J connectivity index is 1.15. The van der Waals surface area contributed by atoms with Crippen LogP contribution in [0.5, 0.6) is 5.75 Å². The Morgan fingerprint density at radius 3 is 2.56 bits per heavy atom. The highest BCUT2D eigenvalue weighted by molar-refractivity contribution is 5.95. The van der Waals surface area contributed by atoms with Crippen molar-refractivity contribution in [3.05, 3.63) is 29.3 Å². The third-order valence-corrected chi connectivity index (χ3v) is 8.29. The summed E-state index contributed by atoms with van der Waals surface area (Å²) in [5.41, 5.74) is 0.792. The zero-order valence-electron chi connectivity index (χ0n) is 21.4. The SMILES string of the molecule is COC(=O)N1CC(Oc2ccc3c(c2)C(=O)O[C@]32CC[C@H](C(=O)N(C)CCN3CCCCC3)CC2)C1. The van der Waals surface area contributed by atoms with Crippen molar-refractivity contribution in [3.63, 3.8) is 0 Å². The van der Waals surface area contributed by atoms with Gasteiger partial charge in [-0.25, -0.2) is 9.59 Å². The van der Waals surface area contributed by atoms with Crippen LogP contribution in [0.2, 0.25) is 0 Å². The van der Waals surface area contributed by atoms with Crippen molar-refractivity contribution < 1.29 is 28.6 Å². The summed E-state index contributed by atoms with van der Waals surface area (Å²) in [5, 5.41) is 0. The zero-order valence-corrected chi connectivity index (χ0v) is 21.4. The van der Waals surface area contributed by atoms with Crippen LogP contribution in [0.25, 0.3) is 0 Å². The number of esters is 1. The highest BCUT2D eigenvalue weighted by atomic mass is 16.6. The van der Waals surface area contributed by atoms with E-state index in [4.69, 9.17) is 14.2 Å². The van der Waals surface area contributed by atoms with E-state index in [0.717, 1.165) is 31.7 Å². The van der Waals surface area contributed by atoms with Crippen molar-refractivity contribution in [1.29, 1.82) is 0 Å². The van der Waals surface area contributed by atoms with Gasteiger partial charge in [0.05, 0.1) is 25.8 Å². The number of likely N-dealkylation sites (tertiary alicyclic amines) is 2. The van der Waals surface area contributed by atoms with E-state index in [9.17, 15) is 14.4 Å². The number of piperidine rings is 1. The van der Waals surface area contributed by atoms with Crippen LogP contribution in [0.3, 0.4) is 0 Å². The molecule has 2 saturated heterocycles. The normalized spacial score (nSPS) is 26.2. The predicted molar refractivity (Wildman–Crippen MR) is 132 cm³/mol. The second-order valence-electron chi connectivity index (χ2n) is 10.6. The molecule has 3 aliphatic heterocycles. The summed E-state index contributed by atoms with van der Waals surface area (Å²) in [7, 11) is 3.27. The van der Waals surface area contributed by atoms with Crippen molar-refractivity contribution in [2.45, 2.75) is 56.7 Å². The van der Waals surface area contributed by atoms with Gasteiger partial charge in [0, 0.05) is 31.6 Å². The lowest BCUT2D eigenvalue weighted by Gasteiger charge is -2.38. The molecule has 2 amide bonds. The van der Waals surface area contributed by atoms with E-state index in [2.05, 4.69) is 4.90 Å². The molecule has 196 valence electrons. The first-order chi connectivity index (χ1) is 17.4. The third kappa shape index (κ3) is 4.90. The van der Waals surface area contributed by atoms with Crippen LogP contribution in [-0.2, 0) is 19.9 Å². The number of amides is 2. The Bertz CT molecular complexity index is 993. The first-order valence-corrected chi connectivity index (χ1v) is 13.2. The summed E-state index contributed by atoms with van der Waals surface area (Å²) in [4.78, 5) is 43.3. The minimum absolute atomic E-state index is 0.0243. The second kappa shape index (κ2) is 10.3. The summed E-state index contributed by atoms with van der Waals surface area (Å²) in [6.45, 7) is 4.89. The molecule has 0 atom stereocenters. The van der Waals surface area contributed by atoms with E-state index < -0.39 is 5.60 Å². The number of carbonyl (C=O) groups is 3. The summed E-state index contributed by atoms with van der Waals surface area (Å²) in [5.74, 6) is 0.445. The zero-order chi connectivity index (χ0) is 25.3. The Kier molecular flexibility index (Phi) is 7.10. The number of hydrogen-bond donors (Lipinski definition) is 0. The Labute approximate surface area is 212 Å². The lowest BCUT2D eigenvalue weighted by atomic mass is 9.74. The predicted octanol–water partition coefficient (Wildman–Crippen LogP) is 3.02. The fourth-order valence-electron chi connectivity index (χ4n) is 6.03. The molecule has 1 aromatic carbocycles. The van der Waals surface area contributed by atoms with Crippen LogP contribution >= 0.6 is 0 Å². The maximum absolute atomic E-state index is 13.1. The second-order valence-corrected chi connectivity index (χ2v) is 10.6. The molecule has 3 fully saturated rings. The molecule has 0 radical (unpaired) electrons. The van der Waals surface area contributed by atoms with Crippen LogP contribution in [0.15, 0.2) is 18.2 Å². The number of methoxy groups -OCH3 is 1. The number of benzene rings is 1. The van der Waals surface area contributed by atoms with Crippen LogP contribution in [0.4, 0.5) is 4.79 Å². The van der Waals surface area contributed by atoms with Crippen LogP contribution < -0.4 is 4.74 Å². The van der Waals surface area contributed by atoms with E-state index in [1.54, 1.807) is 11.0 Å². The molecule has 3 heterocycles. The molecule has 1 saturated carbocycles. The van der Waals surface area contributed by atoms with E-state index >= 15 is 0 Å². The Morgan fingerprint density at radius 2 is 1.86 bits per heavy atom. The molecule has 0 bridgehead atoms. The van der Waals surface area contributed by atoms with Gasteiger partial charge in [0.15, 0.2) is 0 Å². The van der Waals surface area contributed by atoms with Gasteiger partial charge in [0.25, 0.3) is 0 Å². The summed E-state index contributed by atoms with van der Waals surface area (Å²) >= 11 is 0. The smallest absolute Gasteiger partial charge is 0.409 e. The minimum atomic E-state index is -0.647. The van der Waals surface area contributed by atoms with Gasteiger partial charge < -0.3 is 28.9 Å². The van der Waals surface area contributed by atoms with Crippen molar-refractivity contribution >= 4 is 18.0 Å². The Morgan fingerprint density at radius 1 is 1.14 bits per heavy atom. The van der Waals surface area contributed by atoms with Crippen LogP contribution in [0.1, 0.15) is 60.9 Å². The van der Waals surface area contributed by atoms with Gasteiger partial charge in [-0.3, -0.25) is 4.79 Å². The van der Waals surface area contributed by atoms with E-state index in [1.807, 2.05) is 24.1 Å². The number of nitrogens with zero attached hydrogens (tertiary/aromatic N) is 3. The maximum Gasteiger partial charge on any atom is 0.409 e. The highest BCUT2D eigenvalue weighted by Gasteiger charge is 2.49. The molecule has 36 heavy (non-hydrogen) atoms. The number of fused-ring (bicyclic) bond motifs is 2. The lowest BCUT2D eigenvalue weighted by molar-refractivity contribution is -0.137. The van der Waals surface area contributed by atoms with Gasteiger partial charge >= 0.3 is 12.1 Å². The largest absolute Gasteiger partial charge is 0.487 e. The molecule has 9 nitrogen and oxygen atoms in total. The molecule has 0 unspecified atom stereocenters. The molecule has 5 rings (SSSR count). The van der Waals surface area contributed by atoms with Gasteiger partial charge in [0.1, 0.15) is 17.5 Å². The van der Waals surface area contributed by atoms with Gasteiger partial charge in [-0.2, -0.15) is 0 Å². The number of ether oxygens (including phenoxy) is 3. The molecule has 0 aromatic heterocycles. The maximum atomic E-state index is 13.1. The van der Waals surface area contributed by atoms with Crippen molar-refractivity contribution in [2.75, 3.05) is 53.4 Å². The minimum Gasteiger partial charge on any atom is -0.487 e. The number of carbonyl (C=O) groups excluding carboxylic acids is 3. The van der Waals surface area contributed by atoms with Crippen LogP contribution in [0, 0.1) is 5.92 Å². The average Bonchev–Trinajstić information content (AvgIpc) is 3.15. The lowest BCUT2D eigenvalue weighted by Crippen LogP contribution is -2.56. The van der Waals surface area contributed by atoms with Crippen molar-refractivity contribution in [2.24, 2.45) is 5.92 Å². The summed E-state index contributed by atoms with van der Waals surface area (Å²) < 4.78 is 16.6. The van der Waals surface area contributed by atoms with Gasteiger partial charge in [-0.05, 0) is 63.7 Å². The van der Waals surface area contributed by atoms with E-state index in [1.165, 1.54) is 26.4 Å². The summed E-state index contributed by atoms with van der Waals surface area (Å²) in [6.07, 6.45) is 6.06. The molecule has 1 aromatic rings. The molecule has 1 spiro atoms. The number of hydrogen-bond acceptors (Lipinski definition) is 7. The fourth-order valence-corrected chi connectivity index (χ4v) is 6.03. The van der Waals surface area contributed by atoms with E-state index in [0.29, 0.717) is 50.1 Å². The number of likely N-dealkylation sites (N-methyl/N-ethyl adjacent to an activating group) is 1. The molecular weight excluding hydrogens is 462 g/mol. The Hall–Kier alpha value is -2.81. The van der Waals surface area contributed by atoms with Gasteiger partial charge in [-0.15, -0.1) is 0 Å². The average molecular weight is 500 g/mol. The standard InChI is InChI=1S/C27H37N3O6/c1-28(14-15-29-12-4-3-5-13-29)24(31)19-8-10-27(11-9-19)23-7-6-20(16-22(23)25(32)36-27)35-21-17-30(18-21)26(33)34-2/h6-7,16,19,21H,3-5,8-15,17-18H2,1-2H3/t19-,27-. The highest BCUT2D eigenvalue weighted by Crippen LogP contribution is 2.49. The first kappa shape index (κ1) is 24.9. The molecular formula is C27H37N3O6. The van der Waals surface area contributed by atoms with Crippen LogP contribution in [-0.4, -0.2) is 92.2 Å². The fraction of sp³-hybridized carbons (Fsp3) is 0.667. The van der Waals surface area contributed by atoms with E-state index in [-0.39, 0.29) is 30.0 Å². The molecule has 4 aliphatic rings. The van der Waals surface area contributed by atoms with Crippen molar-refractivity contribution in [1.82, 2.24) is 14.7 Å². The van der Waals surface area contributed by atoms with Gasteiger partial charge in [0.2, 0.25) is 5.91 Å². The number of rotatable bonds is 6. The summed E-state index contributed by atoms with van der Waals surface area (Å²) in [6, 6.07) is 5.55. The topological polar surface area (TPSA) is 88.6 Å². The van der Waals surface area contributed by atoms with Gasteiger partial charge in [-0.1, -0.05) is 12.5 Å². The third-order valence-electron chi connectivity index (χ3n) is 8.29.